The Kier molecular flexibility index (Phi) is 5.64. The third-order valence-corrected chi connectivity index (χ3v) is 5.83. The summed E-state index contributed by atoms with van der Waals surface area (Å²) >= 11 is 0. The zero-order chi connectivity index (χ0) is 22.4. The van der Waals surface area contributed by atoms with Crippen LogP contribution in [-0.4, -0.2) is 36.7 Å². The molecule has 3 saturated carbocycles. The second-order valence-electron chi connectivity index (χ2n) is 9.19. The van der Waals surface area contributed by atoms with Crippen molar-refractivity contribution in [1.82, 2.24) is 0 Å². The predicted molar refractivity (Wildman–Crippen MR) is 102 cm³/mol. The van der Waals surface area contributed by atoms with Gasteiger partial charge in [-0.2, -0.15) is 0 Å². The van der Waals surface area contributed by atoms with Gasteiger partial charge in [-0.25, -0.2) is 0 Å². The highest BCUT2D eigenvalue weighted by Crippen LogP contribution is 2.54. The first kappa shape index (κ1) is 22.5. The molecule has 30 heavy (non-hydrogen) atoms. The van der Waals surface area contributed by atoms with E-state index < -0.39 is 34.8 Å². The number of hydrogen-bond donors (Lipinski definition) is 1. The van der Waals surface area contributed by atoms with Gasteiger partial charge in [-0.1, -0.05) is 0 Å². The lowest BCUT2D eigenvalue weighted by Crippen LogP contribution is -2.65. The van der Waals surface area contributed by atoms with E-state index >= 15 is 0 Å². The Bertz CT molecular complexity index is 795. The number of ether oxygens (including phenoxy) is 4. The molecule has 0 aliphatic heterocycles. The summed E-state index contributed by atoms with van der Waals surface area (Å²) in [6.45, 7) is 5.39. The van der Waals surface area contributed by atoms with Gasteiger partial charge < -0.3 is 24.7 Å². The quantitative estimate of drug-likeness (QED) is 0.699. The van der Waals surface area contributed by atoms with Crippen LogP contribution in [0.4, 0.5) is 13.2 Å². The highest BCUT2D eigenvalue weighted by Gasteiger charge is 2.58. The molecule has 0 aromatic heterocycles. The van der Waals surface area contributed by atoms with Crippen LogP contribution in [0.25, 0.3) is 0 Å². The van der Waals surface area contributed by atoms with Crippen LogP contribution in [-0.2, 0) is 9.53 Å². The van der Waals surface area contributed by atoms with Gasteiger partial charge in [0.1, 0.15) is 17.5 Å². The van der Waals surface area contributed by atoms with Crippen LogP contribution in [0.1, 0.15) is 52.9 Å². The van der Waals surface area contributed by atoms with Crippen molar-refractivity contribution in [2.24, 2.45) is 11.1 Å². The highest BCUT2D eigenvalue weighted by molar-refractivity contribution is 5.78. The molecule has 3 fully saturated rings. The minimum absolute atomic E-state index is 0.131. The first-order chi connectivity index (χ1) is 13.8. The lowest BCUT2D eigenvalue weighted by atomic mass is 9.56. The number of hydrogen-bond acceptors (Lipinski definition) is 6. The third-order valence-electron chi connectivity index (χ3n) is 5.83. The Morgan fingerprint density at radius 3 is 2.27 bits per heavy atom. The molecule has 1 aromatic rings. The first-order valence-corrected chi connectivity index (χ1v) is 9.88. The third kappa shape index (κ3) is 4.77. The van der Waals surface area contributed by atoms with Crippen molar-refractivity contribution in [1.29, 1.82) is 0 Å². The largest absolute Gasteiger partial charge is 0.573 e. The minimum Gasteiger partial charge on any atom is -0.497 e. The van der Waals surface area contributed by atoms with Crippen molar-refractivity contribution in [3.8, 4) is 17.2 Å². The molecule has 6 nitrogen and oxygen atoms in total. The molecule has 0 radical (unpaired) electrons. The van der Waals surface area contributed by atoms with Gasteiger partial charge in [-0.15, -0.1) is 13.2 Å². The SMILES string of the molecule is COc1ccc(OC(F)(F)F)c(OC2CC3(C(=O)OC(C)(C)C)CCC2(N)CC3)c1. The molecule has 2 bridgehead atoms. The number of carbonyl (C=O) groups is 1. The van der Waals surface area contributed by atoms with E-state index in [9.17, 15) is 18.0 Å². The van der Waals surface area contributed by atoms with Gasteiger partial charge in [0.15, 0.2) is 11.5 Å². The van der Waals surface area contributed by atoms with Crippen LogP contribution in [0.5, 0.6) is 17.2 Å². The van der Waals surface area contributed by atoms with Crippen LogP contribution < -0.4 is 19.9 Å². The first-order valence-electron chi connectivity index (χ1n) is 9.88. The van der Waals surface area contributed by atoms with Crippen molar-refractivity contribution in [3.05, 3.63) is 18.2 Å². The molecule has 9 heteroatoms. The standard InChI is InChI=1S/C21H28F3NO5/c1-18(2,3)30-17(26)19-7-9-20(25,10-8-19)16(12-19)28-15-11-13(27-4)5-6-14(15)29-21(22,23)24/h5-6,11,16H,7-10,12,25H2,1-4H3. The molecule has 3 aliphatic rings. The van der Waals surface area contributed by atoms with Gasteiger partial charge in [0.2, 0.25) is 0 Å². The second-order valence-corrected chi connectivity index (χ2v) is 9.19. The number of benzene rings is 1. The Morgan fingerprint density at radius 2 is 1.73 bits per heavy atom. The molecule has 0 spiro atoms. The Hall–Kier alpha value is -2.16. The fraction of sp³-hybridized carbons (Fsp3) is 0.667. The van der Waals surface area contributed by atoms with E-state index in [0.29, 0.717) is 31.4 Å². The van der Waals surface area contributed by atoms with Gasteiger partial charge in [-0.3, -0.25) is 4.79 Å². The lowest BCUT2D eigenvalue weighted by Gasteiger charge is -2.54. The number of methoxy groups -OCH3 is 1. The fourth-order valence-electron chi connectivity index (χ4n) is 4.18. The minimum atomic E-state index is -4.88. The van der Waals surface area contributed by atoms with Crippen molar-refractivity contribution in [3.63, 3.8) is 0 Å². The molecular formula is C21H28F3NO5. The number of alkyl halides is 3. The highest BCUT2D eigenvalue weighted by atomic mass is 19.4. The van der Waals surface area contributed by atoms with E-state index in [4.69, 9.17) is 19.9 Å². The molecule has 168 valence electrons. The number of rotatable bonds is 5. The zero-order valence-corrected chi connectivity index (χ0v) is 17.6. The Morgan fingerprint density at radius 1 is 1.10 bits per heavy atom. The summed E-state index contributed by atoms with van der Waals surface area (Å²) in [7, 11) is 1.40. The maximum absolute atomic E-state index is 12.9. The van der Waals surface area contributed by atoms with Crippen LogP contribution in [0.15, 0.2) is 18.2 Å². The molecule has 0 heterocycles. The Balaban J connectivity index is 1.88. The van der Waals surface area contributed by atoms with Gasteiger partial charge in [-0.05, 0) is 58.6 Å². The molecule has 3 aliphatic carbocycles. The molecular weight excluding hydrogens is 403 g/mol. The summed E-state index contributed by atoms with van der Waals surface area (Å²) in [6, 6.07) is 3.81. The van der Waals surface area contributed by atoms with Crippen molar-refractivity contribution < 1.29 is 36.9 Å². The topological polar surface area (TPSA) is 80.0 Å². The molecule has 1 aromatic carbocycles. The van der Waals surface area contributed by atoms with Gasteiger partial charge in [0.05, 0.1) is 18.1 Å². The van der Waals surface area contributed by atoms with Gasteiger partial charge in [0.25, 0.3) is 0 Å². The molecule has 1 unspecified atom stereocenters. The average molecular weight is 431 g/mol. The van der Waals surface area contributed by atoms with Gasteiger partial charge >= 0.3 is 12.3 Å². The van der Waals surface area contributed by atoms with Crippen LogP contribution in [0.2, 0.25) is 0 Å². The zero-order valence-electron chi connectivity index (χ0n) is 17.6. The van der Waals surface area contributed by atoms with Crippen LogP contribution in [0.3, 0.4) is 0 Å². The normalized spacial score (nSPS) is 28.7. The van der Waals surface area contributed by atoms with Crippen molar-refractivity contribution >= 4 is 5.97 Å². The molecule has 2 N–H and O–H groups in total. The number of fused-ring (bicyclic) bond motifs is 3. The van der Waals surface area contributed by atoms with Gasteiger partial charge in [0, 0.05) is 12.5 Å². The Labute approximate surface area is 173 Å². The van der Waals surface area contributed by atoms with Crippen molar-refractivity contribution in [2.45, 2.75) is 76.5 Å². The van der Waals surface area contributed by atoms with E-state index in [-0.39, 0.29) is 18.1 Å². The maximum atomic E-state index is 12.9. The summed E-state index contributed by atoms with van der Waals surface area (Å²) in [6.07, 6.45) is -3.15. The number of carbonyl (C=O) groups excluding carboxylic acids is 1. The van der Waals surface area contributed by atoms with E-state index in [1.54, 1.807) is 20.8 Å². The lowest BCUT2D eigenvalue weighted by molar-refractivity contribution is -0.275. The molecule has 1 atom stereocenters. The summed E-state index contributed by atoms with van der Waals surface area (Å²) in [5.41, 5.74) is 4.40. The van der Waals surface area contributed by atoms with Crippen LogP contribution >= 0.6 is 0 Å². The predicted octanol–water partition coefficient (Wildman–Crippen LogP) is 4.34. The summed E-state index contributed by atoms with van der Waals surface area (Å²) in [5.74, 6) is -0.621. The van der Waals surface area contributed by atoms with E-state index in [1.165, 1.54) is 19.2 Å². The smallest absolute Gasteiger partial charge is 0.497 e. The monoisotopic (exact) mass is 431 g/mol. The summed E-state index contributed by atoms with van der Waals surface area (Å²) < 4.78 is 59.3. The summed E-state index contributed by atoms with van der Waals surface area (Å²) in [4.78, 5) is 12.9. The number of esters is 1. The van der Waals surface area contributed by atoms with E-state index in [2.05, 4.69) is 4.74 Å². The van der Waals surface area contributed by atoms with Crippen molar-refractivity contribution in [2.75, 3.05) is 7.11 Å². The fourth-order valence-corrected chi connectivity index (χ4v) is 4.18. The molecule has 4 rings (SSSR count). The summed E-state index contributed by atoms with van der Waals surface area (Å²) in [5, 5.41) is 0. The molecule has 0 saturated heterocycles. The number of halogens is 3. The second kappa shape index (κ2) is 7.51. The van der Waals surface area contributed by atoms with E-state index in [1.807, 2.05) is 0 Å². The maximum Gasteiger partial charge on any atom is 0.573 e. The molecule has 0 amide bonds. The number of nitrogens with two attached hydrogens (primary N) is 1. The van der Waals surface area contributed by atoms with Crippen LogP contribution in [0, 0.1) is 5.41 Å². The average Bonchev–Trinajstić information content (AvgIpc) is 2.62. The van der Waals surface area contributed by atoms with E-state index in [0.717, 1.165) is 6.07 Å².